The van der Waals surface area contributed by atoms with Crippen molar-refractivity contribution in [2.45, 2.75) is 37.3 Å². The van der Waals surface area contributed by atoms with Crippen molar-refractivity contribution < 1.29 is 14.0 Å². The van der Waals surface area contributed by atoms with Gasteiger partial charge in [0.15, 0.2) is 5.58 Å². The first-order valence-corrected chi connectivity index (χ1v) is 14.0. The van der Waals surface area contributed by atoms with E-state index >= 15 is 0 Å². The number of aromatic nitrogens is 1. The Morgan fingerprint density at radius 3 is 2.10 bits per heavy atom. The van der Waals surface area contributed by atoms with Crippen molar-refractivity contribution in [2.24, 2.45) is 5.41 Å². The Balaban J connectivity index is 1.28. The van der Waals surface area contributed by atoms with Crippen molar-refractivity contribution in [3.05, 3.63) is 109 Å². The maximum absolute atomic E-state index is 13.5. The van der Waals surface area contributed by atoms with Gasteiger partial charge in [-0.3, -0.25) is 9.59 Å². The Kier molecular flexibility index (Phi) is 8.03. The fraction of sp³-hybridized carbons (Fsp3) is 0.182. The molecule has 1 atom stereocenters. The molecule has 0 radical (unpaired) electrons. The molecule has 0 saturated carbocycles. The lowest BCUT2D eigenvalue weighted by atomic mass is 9.92. The van der Waals surface area contributed by atoms with E-state index in [1.807, 2.05) is 124 Å². The van der Waals surface area contributed by atoms with Crippen molar-refractivity contribution in [1.29, 1.82) is 0 Å². The molecule has 1 heterocycles. The van der Waals surface area contributed by atoms with Gasteiger partial charge in [-0.05, 0) is 71.6 Å². The number of fused-ring (bicyclic) bond motifs is 1. The van der Waals surface area contributed by atoms with Gasteiger partial charge in [0.05, 0.1) is 0 Å². The fourth-order valence-electron chi connectivity index (χ4n) is 4.24. The van der Waals surface area contributed by atoms with E-state index in [-0.39, 0.29) is 17.2 Å². The minimum absolute atomic E-state index is 0.0171. The van der Waals surface area contributed by atoms with E-state index in [0.717, 1.165) is 32.8 Å². The first-order valence-electron chi connectivity index (χ1n) is 13.1. The largest absolute Gasteiger partial charge is 0.436 e. The van der Waals surface area contributed by atoms with Gasteiger partial charge in [0.1, 0.15) is 10.8 Å². The van der Waals surface area contributed by atoms with Crippen molar-refractivity contribution in [3.63, 3.8) is 0 Å². The summed E-state index contributed by atoms with van der Waals surface area (Å²) in [6.45, 7) is 6.11. The van der Waals surface area contributed by atoms with Crippen molar-refractivity contribution in [3.8, 4) is 11.5 Å². The van der Waals surface area contributed by atoms with E-state index < -0.39 is 5.25 Å². The van der Waals surface area contributed by atoms with Crippen LogP contribution in [0.25, 0.3) is 22.6 Å². The second-order valence-corrected chi connectivity index (χ2v) is 12.0. The summed E-state index contributed by atoms with van der Waals surface area (Å²) in [4.78, 5) is 31.3. The van der Waals surface area contributed by atoms with Crippen LogP contribution >= 0.6 is 11.8 Å². The number of thioether (sulfide) groups is 1. The zero-order valence-corrected chi connectivity index (χ0v) is 23.5. The topological polar surface area (TPSA) is 84.2 Å². The van der Waals surface area contributed by atoms with Gasteiger partial charge in [-0.1, -0.05) is 63.2 Å². The molecule has 7 heteroatoms. The minimum Gasteiger partial charge on any atom is -0.436 e. The number of rotatable bonds is 8. The maximum Gasteiger partial charge on any atom is 0.242 e. The van der Waals surface area contributed by atoms with Crippen LogP contribution < -0.4 is 10.6 Å². The van der Waals surface area contributed by atoms with Crippen molar-refractivity contribution in [1.82, 2.24) is 4.98 Å². The highest BCUT2D eigenvalue weighted by atomic mass is 32.2. The molecule has 0 aliphatic heterocycles. The number of anilines is 2. The van der Waals surface area contributed by atoms with Crippen LogP contribution in [0.1, 0.15) is 38.0 Å². The summed E-state index contributed by atoms with van der Waals surface area (Å²) in [5.41, 5.74) is 4.60. The molecule has 0 aliphatic carbocycles. The van der Waals surface area contributed by atoms with Gasteiger partial charge < -0.3 is 15.1 Å². The van der Waals surface area contributed by atoms with E-state index in [2.05, 4.69) is 15.6 Å². The Morgan fingerprint density at radius 1 is 0.800 bits per heavy atom. The number of hydrogen-bond acceptors (Lipinski definition) is 5. The fourth-order valence-corrected chi connectivity index (χ4v) is 5.26. The number of benzene rings is 4. The summed E-state index contributed by atoms with van der Waals surface area (Å²) in [7, 11) is 0. The molecule has 202 valence electrons. The summed E-state index contributed by atoms with van der Waals surface area (Å²) in [6, 6.07) is 32.4. The third kappa shape index (κ3) is 6.98. The SMILES string of the molecule is CC(C)(C)CC(=O)Nc1ccc(SC(C(=O)Nc2ccc(-c3nc4ccccc4o3)cc2)c2ccccc2)cc1. The molecule has 40 heavy (non-hydrogen) atoms. The molecule has 0 saturated heterocycles. The van der Waals surface area contributed by atoms with Crippen LogP contribution in [0.2, 0.25) is 0 Å². The third-order valence-corrected chi connectivity index (χ3v) is 7.38. The molecule has 0 bridgehead atoms. The number of amides is 2. The predicted molar refractivity (Wildman–Crippen MR) is 162 cm³/mol. The first kappa shape index (κ1) is 27.2. The van der Waals surface area contributed by atoms with E-state index in [1.54, 1.807) is 0 Å². The second-order valence-electron chi connectivity index (χ2n) is 10.8. The first-order chi connectivity index (χ1) is 19.2. The number of nitrogens with one attached hydrogen (secondary N) is 2. The van der Waals surface area contributed by atoms with Gasteiger partial charge in [-0.2, -0.15) is 0 Å². The normalized spacial score (nSPS) is 12.2. The second kappa shape index (κ2) is 11.8. The van der Waals surface area contributed by atoms with Gasteiger partial charge >= 0.3 is 0 Å². The molecular formula is C33H31N3O3S. The van der Waals surface area contributed by atoms with Gasteiger partial charge in [0.25, 0.3) is 0 Å². The van der Waals surface area contributed by atoms with Crippen LogP contribution in [0.4, 0.5) is 11.4 Å². The lowest BCUT2D eigenvalue weighted by molar-refractivity contribution is -0.118. The number of hydrogen-bond donors (Lipinski definition) is 2. The molecule has 1 aromatic heterocycles. The number of oxazole rings is 1. The summed E-state index contributed by atoms with van der Waals surface area (Å²) in [5.74, 6) is 0.389. The highest BCUT2D eigenvalue weighted by Crippen LogP contribution is 2.37. The van der Waals surface area contributed by atoms with Crippen LogP contribution in [0.15, 0.2) is 112 Å². The van der Waals surface area contributed by atoms with Crippen LogP contribution in [0.3, 0.4) is 0 Å². The highest BCUT2D eigenvalue weighted by molar-refractivity contribution is 8.00. The van der Waals surface area contributed by atoms with Gasteiger partial charge in [0.2, 0.25) is 17.7 Å². The monoisotopic (exact) mass is 549 g/mol. The summed E-state index contributed by atoms with van der Waals surface area (Å²) >= 11 is 1.46. The van der Waals surface area contributed by atoms with Gasteiger partial charge in [0, 0.05) is 28.3 Å². The highest BCUT2D eigenvalue weighted by Gasteiger charge is 2.23. The molecular weight excluding hydrogens is 518 g/mol. The molecule has 0 fully saturated rings. The molecule has 2 N–H and O–H groups in total. The van der Waals surface area contributed by atoms with E-state index in [0.29, 0.717) is 18.0 Å². The van der Waals surface area contributed by atoms with E-state index in [1.165, 1.54) is 11.8 Å². The summed E-state index contributed by atoms with van der Waals surface area (Å²) in [5, 5.41) is 5.54. The number of carbonyl (C=O) groups excluding carboxylic acids is 2. The number of para-hydroxylation sites is 2. The average Bonchev–Trinajstić information content (AvgIpc) is 3.37. The molecule has 5 rings (SSSR count). The average molecular weight is 550 g/mol. The zero-order valence-electron chi connectivity index (χ0n) is 22.7. The number of carbonyl (C=O) groups is 2. The smallest absolute Gasteiger partial charge is 0.242 e. The van der Waals surface area contributed by atoms with Crippen LogP contribution in [-0.2, 0) is 9.59 Å². The Bertz CT molecular complexity index is 1570. The van der Waals surface area contributed by atoms with E-state index in [4.69, 9.17) is 4.42 Å². The van der Waals surface area contributed by atoms with Crippen molar-refractivity contribution >= 4 is 46.1 Å². The molecule has 2 amide bonds. The molecule has 1 unspecified atom stereocenters. The predicted octanol–water partition coefficient (Wildman–Crippen LogP) is 8.34. The van der Waals surface area contributed by atoms with Gasteiger partial charge in [-0.25, -0.2) is 4.98 Å². The Morgan fingerprint density at radius 2 is 1.43 bits per heavy atom. The summed E-state index contributed by atoms with van der Waals surface area (Å²) < 4.78 is 5.86. The van der Waals surface area contributed by atoms with Crippen molar-refractivity contribution in [2.75, 3.05) is 10.6 Å². The third-order valence-electron chi connectivity index (χ3n) is 6.12. The van der Waals surface area contributed by atoms with Crippen LogP contribution in [-0.4, -0.2) is 16.8 Å². The Labute approximate surface area is 238 Å². The quantitative estimate of drug-likeness (QED) is 0.190. The van der Waals surface area contributed by atoms with Crippen LogP contribution in [0, 0.1) is 5.41 Å². The number of nitrogens with zero attached hydrogens (tertiary/aromatic N) is 1. The summed E-state index contributed by atoms with van der Waals surface area (Å²) in [6.07, 6.45) is 0.440. The zero-order chi connectivity index (χ0) is 28.1. The molecule has 0 aliphatic rings. The standard InChI is InChI=1S/C33H31N3O3S/c1-33(2,3)21-29(37)34-24-17-19-26(20-18-24)40-30(22-9-5-4-6-10-22)31(38)35-25-15-13-23(14-16-25)32-36-27-11-7-8-12-28(27)39-32/h4-20,30H,21H2,1-3H3,(H,34,37)(H,35,38). The Hall–Kier alpha value is -4.36. The lowest BCUT2D eigenvalue weighted by Gasteiger charge is -2.18. The van der Waals surface area contributed by atoms with E-state index in [9.17, 15) is 9.59 Å². The van der Waals surface area contributed by atoms with Crippen LogP contribution in [0.5, 0.6) is 0 Å². The molecule has 6 nitrogen and oxygen atoms in total. The molecule has 4 aromatic carbocycles. The van der Waals surface area contributed by atoms with Gasteiger partial charge in [-0.15, -0.1) is 11.8 Å². The minimum atomic E-state index is -0.473. The maximum atomic E-state index is 13.5. The lowest BCUT2D eigenvalue weighted by Crippen LogP contribution is -2.19. The molecule has 5 aromatic rings. The molecule has 0 spiro atoms.